The highest BCUT2D eigenvalue weighted by molar-refractivity contribution is 5.85. The maximum absolute atomic E-state index is 13.6. The van der Waals surface area contributed by atoms with Gasteiger partial charge < -0.3 is 19.3 Å². The van der Waals surface area contributed by atoms with Crippen molar-refractivity contribution in [2.45, 2.75) is 58.8 Å². The van der Waals surface area contributed by atoms with Crippen molar-refractivity contribution < 1.29 is 23.9 Å². The van der Waals surface area contributed by atoms with E-state index in [1.807, 2.05) is 68.4 Å². The Morgan fingerprint density at radius 2 is 1.67 bits per heavy atom. The molecule has 0 spiro atoms. The van der Waals surface area contributed by atoms with Crippen molar-refractivity contribution in [3.8, 4) is 0 Å². The number of nitrogens with zero attached hydrogens (tertiary/aromatic N) is 2. The van der Waals surface area contributed by atoms with Gasteiger partial charge in [-0.05, 0) is 37.5 Å². The third-order valence-electron chi connectivity index (χ3n) is 5.72. The maximum Gasteiger partial charge on any atom is 0.329 e. The quantitative estimate of drug-likeness (QED) is 0.567. The van der Waals surface area contributed by atoms with Crippen molar-refractivity contribution in [2.75, 3.05) is 13.2 Å². The molecule has 0 bridgehead atoms. The molecule has 3 rings (SSSR count). The predicted octanol–water partition coefficient (Wildman–Crippen LogP) is 3.94. The van der Waals surface area contributed by atoms with Crippen LogP contribution in [0.1, 0.15) is 43.9 Å². The van der Waals surface area contributed by atoms with Gasteiger partial charge >= 0.3 is 18.0 Å². The summed E-state index contributed by atoms with van der Waals surface area (Å²) in [5.74, 6) is -0.783. The molecule has 0 unspecified atom stereocenters. The van der Waals surface area contributed by atoms with Crippen LogP contribution >= 0.6 is 0 Å². The van der Waals surface area contributed by atoms with E-state index in [0.717, 1.165) is 16.7 Å². The Balaban J connectivity index is 1.79. The molecule has 2 aromatic rings. The van der Waals surface area contributed by atoms with Crippen LogP contribution in [0.5, 0.6) is 0 Å². The van der Waals surface area contributed by atoms with Crippen molar-refractivity contribution in [1.82, 2.24) is 9.80 Å². The number of carbonyl (C=O) groups excluding carboxylic acids is 3. The third-order valence-corrected chi connectivity index (χ3v) is 5.72. The van der Waals surface area contributed by atoms with Gasteiger partial charge in [-0.2, -0.15) is 0 Å². The van der Waals surface area contributed by atoms with Crippen LogP contribution in [0.2, 0.25) is 0 Å². The van der Waals surface area contributed by atoms with Crippen molar-refractivity contribution >= 4 is 18.0 Å². The van der Waals surface area contributed by atoms with Gasteiger partial charge in [0.2, 0.25) is 0 Å². The molecule has 2 aromatic carbocycles. The van der Waals surface area contributed by atoms with E-state index in [2.05, 4.69) is 0 Å². The summed E-state index contributed by atoms with van der Waals surface area (Å²) in [6.07, 6.45) is 0.491. The van der Waals surface area contributed by atoms with Gasteiger partial charge in [0.05, 0.1) is 13.0 Å². The highest BCUT2D eigenvalue weighted by atomic mass is 16.5. The van der Waals surface area contributed by atoms with Crippen LogP contribution < -0.4 is 0 Å². The van der Waals surface area contributed by atoms with E-state index in [0.29, 0.717) is 19.6 Å². The number of ether oxygens (including phenoxy) is 2. The first-order valence-corrected chi connectivity index (χ1v) is 11.4. The molecular weight excluding hydrogens is 420 g/mol. The Kier molecular flexibility index (Phi) is 8.46. The van der Waals surface area contributed by atoms with Crippen molar-refractivity contribution in [2.24, 2.45) is 0 Å². The van der Waals surface area contributed by atoms with Crippen LogP contribution in [-0.2, 0) is 38.6 Å². The minimum Gasteiger partial charge on any atom is -0.466 e. The maximum atomic E-state index is 13.6. The first-order chi connectivity index (χ1) is 15.9. The zero-order valence-electron chi connectivity index (χ0n) is 19.5. The van der Waals surface area contributed by atoms with Crippen LogP contribution in [0.4, 0.5) is 4.79 Å². The normalized spacial score (nSPS) is 15.0. The van der Waals surface area contributed by atoms with Gasteiger partial charge in [0.15, 0.2) is 0 Å². The van der Waals surface area contributed by atoms with Crippen molar-refractivity contribution in [3.05, 3.63) is 71.3 Å². The average molecular weight is 453 g/mol. The van der Waals surface area contributed by atoms with Crippen LogP contribution in [0.15, 0.2) is 54.6 Å². The number of amides is 2. The second-order valence-electron chi connectivity index (χ2n) is 8.33. The Labute approximate surface area is 195 Å². The second kappa shape index (κ2) is 11.5. The standard InChI is InChI=1S/C26H32N2O5/c1-4-32-24(29)14-15-27(19(2)3)26(31)28-17-22-13-9-8-12-21(22)16-23(28)25(30)33-18-20-10-6-5-7-11-20/h5-13,19,23H,4,14-18H2,1-3H3/t23-/m0/s1. The fourth-order valence-corrected chi connectivity index (χ4v) is 3.94. The summed E-state index contributed by atoms with van der Waals surface area (Å²) in [4.78, 5) is 41.8. The number of hydrogen-bond acceptors (Lipinski definition) is 5. The van der Waals surface area contributed by atoms with E-state index in [4.69, 9.17) is 9.47 Å². The van der Waals surface area contributed by atoms with Crippen molar-refractivity contribution in [1.29, 1.82) is 0 Å². The van der Waals surface area contributed by atoms with Gasteiger partial charge in [0.25, 0.3) is 0 Å². The molecule has 0 saturated heterocycles. The van der Waals surface area contributed by atoms with Crippen LogP contribution in [0.25, 0.3) is 0 Å². The lowest BCUT2D eigenvalue weighted by molar-refractivity contribution is -0.151. The van der Waals surface area contributed by atoms with Crippen molar-refractivity contribution in [3.63, 3.8) is 0 Å². The molecule has 1 aliphatic rings. The molecule has 176 valence electrons. The molecule has 1 atom stereocenters. The Hall–Kier alpha value is -3.35. The lowest BCUT2D eigenvalue weighted by Gasteiger charge is -2.39. The van der Waals surface area contributed by atoms with E-state index < -0.39 is 12.0 Å². The molecule has 0 N–H and O–H groups in total. The van der Waals surface area contributed by atoms with Gasteiger partial charge in [0.1, 0.15) is 12.6 Å². The molecule has 1 heterocycles. The summed E-state index contributed by atoms with van der Waals surface area (Å²) in [6.45, 7) is 6.51. The summed E-state index contributed by atoms with van der Waals surface area (Å²) in [5, 5.41) is 0. The molecule has 0 radical (unpaired) electrons. The van der Waals surface area contributed by atoms with Crippen LogP contribution in [0.3, 0.4) is 0 Å². The predicted molar refractivity (Wildman–Crippen MR) is 124 cm³/mol. The highest BCUT2D eigenvalue weighted by Gasteiger charge is 2.38. The monoisotopic (exact) mass is 452 g/mol. The summed E-state index contributed by atoms with van der Waals surface area (Å²) >= 11 is 0. The SMILES string of the molecule is CCOC(=O)CCN(C(=O)N1Cc2ccccc2C[C@H]1C(=O)OCc1ccccc1)C(C)C. The first-order valence-electron chi connectivity index (χ1n) is 11.4. The fourth-order valence-electron chi connectivity index (χ4n) is 3.94. The summed E-state index contributed by atoms with van der Waals surface area (Å²) in [5.41, 5.74) is 2.93. The number of esters is 2. The molecule has 7 heteroatoms. The average Bonchev–Trinajstić information content (AvgIpc) is 2.82. The molecule has 7 nitrogen and oxygen atoms in total. The number of benzene rings is 2. The Bertz CT molecular complexity index is 960. The van der Waals surface area contributed by atoms with Gasteiger partial charge in [-0.1, -0.05) is 54.6 Å². The van der Waals surface area contributed by atoms with E-state index in [9.17, 15) is 14.4 Å². The Morgan fingerprint density at radius 3 is 2.33 bits per heavy atom. The lowest BCUT2D eigenvalue weighted by atomic mass is 9.94. The third kappa shape index (κ3) is 6.34. The van der Waals surface area contributed by atoms with E-state index in [1.165, 1.54) is 0 Å². The number of rotatable bonds is 8. The molecule has 0 aromatic heterocycles. The number of carbonyl (C=O) groups is 3. The minimum atomic E-state index is -0.736. The summed E-state index contributed by atoms with van der Waals surface area (Å²) < 4.78 is 10.6. The molecule has 2 amide bonds. The van der Waals surface area contributed by atoms with Gasteiger partial charge in [-0.15, -0.1) is 0 Å². The van der Waals surface area contributed by atoms with Gasteiger partial charge in [-0.25, -0.2) is 9.59 Å². The van der Waals surface area contributed by atoms with E-state index in [-0.39, 0.29) is 37.6 Å². The smallest absolute Gasteiger partial charge is 0.329 e. The zero-order chi connectivity index (χ0) is 23.8. The fraction of sp³-hybridized carbons (Fsp3) is 0.423. The molecule has 1 aliphatic heterocycles. The first kappa shape index (κ1) is 24.3. The van der Waals surface area contributed by atoms with Gasteiger partial charge in [0, 0.05) is 25.6 Å². The Morgan fingerprint density at radius 1 is 1.00 bits per heavy atom. The number of fused-ring (bicyclic) bond motifs is 1. The number of urea groups is 1. The van der Waals surface area contributed by atoms with E-state index in [1.54, 1.807) is 16.7 Å². The zero-order valence-corrected chi connectivity index (χ0v) is 19.5. The topological polar surface area (TPSA) is 76.2 Å². The molecular formula is C26H32N2O5. The summed E-state index contributed by atoms with van der Waals surface area (Å²) in [6, 6.07) is 16.1. The lowest BCUT2D eigenvalue weighted by Crippen LogP contribution is -2.55. The van der Waals surface area contributed by atoms with E-state index >= 15 is 0 Å². The minimum absolute atomic E-state index is 0.102. The largest absolute Gasteiger partial charge is 0.466 e. The van der Waals surface area contributed by atoms with Crippen LogP contribution in [0, 0.1) is 0 Å². The van der Waals surface area contributed by atoms with Gasteiger partial charge in [-0.3, -0.25) is 4.79 Å². The molecule has 0 fully saturated rings. The molecule has 0 aliphatic carbocycles. The summed E-state index contributed by atoms with van der Waals surface area (Å²) in [7, 11) is 0. The molecule has 33 heavy (non-hydrogen) atoms. The highest BCUT2D eigenvalue weighted by Crippen LogP contribution is 2.26. The second-order valence-corrected chi connectivity index (χ2v) is 8.33. The number of hydrogen-bond donors (Lipinski definition) is 0. The van der Waals surface area contributed by atoms with Crippen LogP contribution in [-0.4, -0.2) is 53.0 Å². The molecule has 0 saturated carbocycles.